The lowest BCUT2D eigenvalue weighted by molar-refractivity contribution is -0.134. The van der Waals surface area contributed by atoms with Gasteiger partial charge >= 0.3 is 0 Å². The molecule has 11 heteroatoms. The van der Waals surface area contributed by atoms with Crippen molar-refractivity contribution in [2.24, 2.45) is 0 Å². The summed E-state index contributed by atoms with van der Waals surface area (Å²) in [6, 6.07) is 12.3. The lowest BCUT2D eigenvalue weighted by Gasteiger charge is -2.41. The number of pyridine rings is 1. The molecule has 0 spiro atoms. The maximum Gasteiger partial charge on any atom is 0.242 e. The Hall–Kier alpha value is -3.99. The minimum atomic E-state index is -3.02. The molecule has 41 heavy (non-hydrogen) atoms. The van der Waals surface area contributed by atoms with Crippen LogP contribution < -0.4 is 9.80 Å². The zero-order valence-corrected chi connectivity index (χ0v) is 24.2. The van der Waals surface area contributed by atoms with Gasteiger partial charge in [0, 0.05) is 92.0 Å². The molecule has 5 heterocycles. The maximum atomic E-state index is 13.3. The van der Waals surface area contributed by atoms with Crippen LogP contribution in [0.2, 0.25) is 0 Å². The second-order valence-corrected chi connectivity index (χ2v) is 13.4. The van der Waals surface area contributed by atoms with Crippen LogP contribution in [-0.2, 0) is 21.2 Å². The van der Waals surface area contributed by atoms with Crippen LogP contribution in [-0.4, -0.2) is 89.0 Å². The zero-order valence-electron chi connectivity index (χ0n) is 23.4. The molecule has 2 aliphatic rings. The van der Waals surface area contributed by atoms with Crippen molar-refractivity contribution in [1.29, 1.82) is 0 Å². The summed E-state index contributed by atoms with van der Waals surface area (Å²) in [7, 11) is -3.02. The van der Waals surface area contributed by atoms with Gasteiger partial charge < -0.3 is 19.3 Å². The van der Waals surface area contributed by atoms with E-state index in [2.05, 4.69) is 43.8 Å². The number of piperidine rings is 1. The Labute approximate surface area is 240 Å². The molecule has 2 fully saturated rings. The standard InChI is InChI=1S/C30H35N7O3S/c1-22-20-36(15-16-37(22)29(38)21-35-12-8-23-7-11-31-19-28(23)35)27-6-4-3-5-26(27)24-17-32-30(33-18-24)34-13-9-25(10-14-34)41(2,39)40/h3-8,11-12,17-19,22,25H,9-10,13-16,20-21H2,1-2H3. The van der Waals surface area contributed by atoms with E-state index in [-0.39, 0.29) is 17.2 Å². The van der Waals surface area contributed by atoms with E-state index in [9.17, 15) is 13.2 Å². The Morgan fingerprint density at radius 3 is 2.44 bits per heavy atom. The third kappa shape index (κ3) is 5.63. The first kappa shape index (κ1) is 27.2. The number of hydrogen-bond acceptors (Lipinski definition) is 8. The van der Waals surface area contributed by atoms with Gasteiger partial charge in [0.05, 0.1) is 17.0 Å². The molecule has 0 radical (unpaired) electrons. The molecular weight excluding hydrogens is 538 g/mol. The number of benzene rings is 1. The van der Waals surface area contributed by atoms with Crippen molar-refractivity contribution in [2.75, 3.05) is 48.8 Å². The number of fused-ring (bicyclic) bond motifs is 1. The van der Waals surface area contributed by atoms with Crippen LogP contribution in [0.1, 0.15) is 19.8 Å². The summed E-state index contributed by atoms with van der Waals surface area (Å²) in [4.78, 5) is 33.2. The molecule has 0 aliphatic carbocycles. The van der Waals surface area contributed by atoms with Crippen molar-refractivity contribution >= 4 is 38.3 Å². The molecule has 1 amide bonds. The normalized spacial score (nSPS) is 18.7. The van der Waals surface area contributed by atoms with Crippen molar-refractivity contribution in [3.05, 3.63) is 67.4 Å². The molecule has 4 aromatic rings. The fraction of sp³-hybridized carbons (Fsp3) is 0.400. The number of anilines is 2. The van der Waals surface area contributed by atoms with E-state index in [1.165, 1.54) is 6.26 Å². The molecule has 0 saturated carbocycles. The number of carbonyl (C=O) groups is 1. The summed E-state index contributed by atoms with van der Waals surface area (Å²) in [6.45, 7) is 5.77. The predicted molar refractivity (Wildman–Crippen MR) is 161 cm³/mol. The fourth-order valence-electron chi connectivity index (χ4n) is 6.05. The topological polar surface area (TPSA) is 105 Å². The van der Waals surface area contributed by atoms with Crippen LogP contribution in [0, 0.1) is 0 Å². The summed E-state index contributed by atoms with van der Waals surface area (Å²) in [5.41, 5.74) is 4.04. The van der Waals surface area contributed by atoms with E-state index < -0.39 is 9.84 Å². The fourth-order valence-corrected chi connectivity index (χ4v) is 7.12. The van der Waals surface area contributed by atoms with Crippen LogP contribution in [0.3, 0.4) is 0 Å². The highest BCUT2D eigenvalue weighted by Crippen LogP contribution is 2.32. The first-order chi connectivity index (χ1) is 19.8. The van der Waals surface area contributed by atoms with Crippen LogP contribution in [0.4, 0.5) is 11.6 Å². The van der Waals surface area contributed by atoms with Gasteiger partial charge in [-0.2, -0.15) is 0 Å². The van der Waals surface area contributed by atoms with Crippen molar-refractivity contribution in [3.8, 4) is 11.1 Å². The van der Waals surface area contributed by atoms with E-state index in [0.717, 1.165) is 40.8 Å². The molecule has 1 unspecified atom stereocenters. The minimum Gasteiger partial charge on any atom is -0.367 e. The number of hydrogen-bond donors (Lipinski definition) is 0. The van der Waals surface area contributed by atoms with Gasteiger partial charge in [0.1, 0.15) is 16.4 Å². The van der Waals surface area contributed by atoms with Crippen molar-refractivity contribution in [3.63, 3.8) is 0 Å². The van der Waals surface area contributed by atoms with Gasteiger partial charge in [-0.3, -0.25) is 9.78 Å². The number of carbonyl (C=O) groups excluding carboxylic acids is 1. The van der Waals surface area contributed by atoms with E-state index in [0.29, 0.717) is 45.0 Å². The molecule has 1 aromatic carbocycles. The van der Waals surface area contributed by atoms with E-state index in [1.807, 2.05) is 52.3 Å². The second kappa shape index (κ2) is 11.1. The average molecular weight is 574 g/mol. The van der Waals surface area contributed by atoms with Crippen LogP contribution in [0.5, 0.6) is 0 Å². The molecule has 2 saturated heterocycles. The van der Waals surface area contributed by atoms with Crippen molar-refractivity contribution in [1.82, 2.24) is 24.4 Å². The van der Waals surface area contributed by atoms with Crippen LogP contribution >= 0.6 is 0 Å². The minimum absolute atomic E-state index is 0.0535. The van der Waals surface area contributed by atoms with Crippen LogP contribution in [0.15, 0.2) is 67.4 Å². The lowest BCUT2D eigenvalue weighted by Crippen LogP contribution is -2.54. The van der Waals surface area contributed by atoms with Gasteiger partial charge in [-0.15, -0.1) is 0 Å². The Morgan fingerprint density at radius 2 is 1.71 bits per heavy atom. The highest BCUT2D eigenvalue weighted by atomic mass is 32.2. The Kier molecular flexibility index (Phi) is 7.37. The Bertz CT molecular complexity index is 1650. The summed E-state index contributed by atoms with van der Waals surface area (Å²) in [6.07, 6.45) is 11.7. The molecule has 10 nitrogen and oxygen atoms in total. The number of aromatic nitrogens is 4. The van der Waals surface area contributed by atoms with Gasteiger partial charge in [0.2, 0.25) is 11.9 Å². The second-order valence-electron chi connectivity index (χ2n) is 11.1. The van der Waals surface area contributed by atoms with Crippen molar-refractivity contribution < 1.29 is 13.2 Å². The van der Waals surface area contributed by atoms with Gasteiger partial charge in [-0.05, 0) is 38.0 Å². The molecule has 3 aromatic heterocycles. The number of rotatable bonds is 6. The first-order valence-corrected chi connectivity index (χ1v) is 16.0. The monoisotopic (exact) mass is 573 g/mol. The molecular formula is C30H35N7O3S. The van der Waals surface area contributed by atoms with E-state index in [4.69, 9.17) is 0 Å². The molecule has 2 aliphatic heterocycles. The zero-order chi connectivity index (χ0) is 28.6. The predicted octanol–water partition coefficient (Wildman–Crippen LogP) is 3.24. The highest BCUT2D eigenvalue weighted by molar-refractivity contribution is 7.91. The first-order valence-electron chi connectivity index (χ1n) is 14.1. The summed E-state index contributed by atoms with van der Waals surface area (Å²) < 4.78 is 25.8. The summed E-state index contributed by atoms with van der Waals surface area (Å²) in [5, 5.41) is 0.796. The highest BCUT2D eigenvalue weighted by Gasteiger charge is 2.30. The summed E-state index contributed by atoms with van der Waals surface area (Å²) >= 11 is 0. The maximum absolute atomic E-state index is 13.3. The van der Waals surface area contributed by atoms with Gasteiger partial charge in [0.15, 0.2) is 0 Å². The quantitative estimate of drug-likeness (QED) is 0.346. The molecule has 214 valence electrons. The number of sulfone groups is 1. The van der Waals surface area contributed by atoms with E-state index >= 15 is 0 Å². The van der Waals surface area contributed by atoms with Crippen molar-refractivity contribution in [2.45, 2.75) is 37.6 Å². The Balaban J connectivity index is 1.12. The molecule has 1 atom stereocenters. The smallest absolute Gasteiger partial charge is 0.242 e. The molecule has 0 bridgehead atoms. The third-order valence-corrected chi connectivity index (χ3v) is 10.0. The Morgan fingerprint density at radius 1 is 0.951 bits per heavy atom. The van der Waals surface area contributed by atoms with Gasteiger partial charge in [0.25, 0.3) is 0 Å². The third-order valence-electron chi connectivity index (χ3n) is 8.35. The van der Waals surface area contributed by atoms with E-state index in [1.54, 1.807) is 12.4 Å². The molecule has 6 rings (SSSR count). The lowest BCUT2D eigenvalue weighted by atomic mass is 10.0. The number of piperazine rings is 1. The number of nitrogens with zero attached hydrogens (tertiary/aromatic N) is 7. The largest absolute Gasteiger partial charge is 0.367 e. The SMILES string of the molecule is CC1CN(c2ccccc2-c2cnc(N3CCC(S(C)(=O)=O)CC3)nc2)CCN1C(=O)Cn1ccc2ccncc21. The van der Waals surface area contributed by atoms with Gasteiger partial charge in [-0.1, -0.05) is 18.2 Å². The molecule has 0 N–H and O–H groups in total. The van der Waals surface area contributed by atoms with Crippen LogP contribution in [0.25, 0.3) is 22.0 Å². The number of para-hydroxylation sites is 1. The summed E-state index contributed by atoms with van der Waals surface area (Å²) in [5.74, 6) is 0.738. The van der Waals surface area contributed by atoms with Gasteiger partial charge in [-0.25, -0.2) is 18.4 Å². The average Bonchev–Trinajstić information content (AvgIpc) is 3.39. The number of amides is 1.